The maximum absolute atomic E-state index is 11.0. The van der Waals surface area contributed by atoms with E-state index in [0.29, 0.717) is 10.0 Å². The molecule has 1 N–H and O–H groups in total. The molecule has 88 valence electrons. The minimum atomic E-state index is -0.846. The van der Waals surface area contributed by atoms with E-state index in [2.05, 4.69) is 20.9 Å². The Morgan fingerprint density at radius 3 is 2.69 bits per heavy atom. The lowest BCUT2D eigenvalue weighted by Crippen LogP contribution is -2.22. The van der Waals surface area contributed by atoms with Gasteiger partial charge in [-0.25, -0.2) is 4.98 Å². The van der Waals surface area contributed by atoms with Crippen LogP contribution in [0.1, 0.15) is 13.8 Å². The maximum atomic E-state index is 11.0. The minimum Gasteiger partial charge on any atom is -0.480 e. The van der Waals surface area contributed by atoms with Crippen LogP contribution in [0, 0.1) is 5.92 Å². The van der Waals surface area contributed by atoms with Gasteiger partial charge in [-0.1, -0.05) is 37.2 Å². The number of hydrogen-bond acceptors (Lipinski definition) is 3. The molecular weight excluding hydrogens is 314 g/mol. The molecule has 0 radical (unpaired) electrons. The van der Waals surface area contributed by atoms with Crippen LogP contribution in [-0.4, -0.2) is 21.3 Å². The van der Waals surface area contributed by atoms with Crippen molar-refractivity contribution in [3.05, 3.63) is 21.8 Å². The van der Waals surface area contributed by atoms with Crippen LogP contribution < -0.4 is 0 Å². The summed E-state index contributed by atoms with van der Waals surface area (Å²) in [5, 5.41) is 9.52. The number of carboxylic acids is 1. The second kappa shape index (κ2) is 5.89. The van der Waals surface area contributed by atoms with Gasteiger partial charge in [-0.15, -0.1) is 0 Å². The minimum absolute atomic E-state index is 0.0176. The first-order chi connectivity index (χ1) is 7.41. The zero-order valence-corrected chi connectivity index (χ0v) is 11.9. The quantitative estimate of drug-likeness (QED) is 0.858. The Balaban J connectivity index is 2.90. The van der Waals surface area contributed by atoms with E-state index >= 15 is 0 Å². The number of nitrogens with zero attached hydrogens (tertiary/aromatic N) is 1. The smallest absolute Gasteiger partial charge is 0.317 e. The molecule has 0 bridgehead atoms. The predicted molar refractivity (Wildman–Crippen MR) is 69.1 cm³/mol. The molecule has 1 rings (SSSR count). The topological polar surface area (TPSA) is 50.2 Å². The summed E-state index contributed by atoms with van der Waals surface area (Å²) in [7, 11) is 0. The van der Waals surface area contributed by atoms with Crippen LogP contribution in [0.3, 0.4) is 0 Å². The fourth-order valence-electron chi connectivity index (χ4n) is 1.08. The van der Waals surface area contributed by atoms with Gasteiger partial charge in [0, 0.05) is 10.7 Å². The van der Waals surface area contributed by atoms with Gasteiger partial charge in [0.1, 0.15) is 10.3 Å². The van der Waals surface area contributed by atoms with Crippen LogP contribution in [0.5, 0.6) is 0 Å². The Morgan fingerprint density at radius 2 is 2.25 bits per heavy atom. The summed E-state index contributed by atoms with van der Waals surface area (Å²) in [5.41, 5.74) is 0. The largest absolute Gasteiger partial charge is 0.480 e. The van der Waals surface area contributed by atoms with E-state index in [1.165, 1.54) is 11.8 Å². The number of carboxylic acid groups (broad SMARTS) is 1. The number of carbonyl (C=O) groups is 1. The highest BCUT2D eigenvalue weighted by molar-refractivity contribution is 9.10. The maximum Gasteiger partial charge on any atom is 0.317 e. The third-order valence-electron chi connectivity index (χ3n) is 1.86. The van der Waals surface area contributed by atoms with Gasteiger partial charge in [0.2, 0.25) is 0 Å². The molecule has 16 heavy (non-hydrogen) atoms. The zero-order valence-electron chi connectivity index (χ0n) is 8.78. The summed E-state index contributed by atoms with van der Waals surface area (Å²) in [6.07, 6.45) is 1.60. The van der Waals surface area contributed by atoms with Crippen LogP contribution in [0.15, 0.2) is 21.8 Å². The Kier molecular flexibility index (Phi) is 5.08. The molecule has 0 aliphatic rings. The summed E-state index contributed by atoms with van der Waals surface area (Å²) in [6.45, 7) is 3.72. The number of aliphatic carboxylic acids is 1. The zero-order chi connectivity index (χ0) is 12.3. The van der Waals surface area contributed by atoms with Gasteiger partial charge in [0.05, 0.1) is 5.02 Å². The van der Waals surface area contributed by atoms with E-state index in [4.69, 9.17) is 16.7 Å². The Hall–Kier alpha value is -0.260. The molecule has 0 aliphatic heterocycles. The van der Waals surface area contributed by atoms with Crippen LogP contribution in [0.2, 0.25) is 5.02 Å². The molecule has 1 heterocycles. The highest BCUT2D eigenvalue weighted by Gasteiger charge is 2.24. The average Bonchev–Trinajstić information content (AvgIpc) is 2.15. The molecule has 1 atom stereocenters. The van der Waals surface area contributed by atoms with Gasteiger partial charge in [-0.3, -0.25) is 4.79 Å². The average molecular weight is 325 g/mol. The van der Waals surface area contributed by atoms with Gasteiger partial charge in [-0.05, 0) is 27.9 Å². The van der Waals surface area contributed by atoms with Gasteiger partial charge in [-0.2, -0.15) is 0 Å². The lowest BCUT2D eigenvalue weighted by molar-refractivity contribution is -0.137. The second-order valence-electron chi connectivity index (χ2n) is 3.56. The normalized spacial score (nSPS) is 12.8. The fraction of sp³-hybridized carbons (Fsp3) is 0.400. The first-order valence-corrected chi connectivity index (χ1v) is 6.67. The Morgan fingerprint density at radius 1 is 1.62 bits per heavy atom. The van der Waals surface area contributed by atoms with Crippen molar-refractivity contribution in [2.75, 3.05) is 0 Å². The van der Waals surface area contributed by atoms with E-state index in [0.717, 1.165) is 4.47 Å². The van der Waals surface area contributed by atoms with Crippen LogP contribution in [-0.2, 0) is 4.79 Å². The third kappa shape index (κ3) is 3.64. The molecule has 1 aromatic heterocycles. The highest BCUT2D eigenvalue weighted by Crippen LogP contribution is 2.33. The molecule has 0 aliphatic carbocycles. The Labute approximate surface area is 112 Å². The van der Waals surface area contributed by atoms with Crippen LogP contribution >= 0.6 is 39.3 Å². The molecule has 0 aromatic carbocycles. The van der Waals surface area contributed by atoms with E-state index in [1.807, 2.05) is 13.8 Å². The van der Waals surface area contributed by atoms with Gasteiger partial charge in [0.25, 0.3) is 0 Å². The number of hydrogen-bond donors (Lipinski definition) is 1. The summed E-state index contributed by atoms with van der Waals surface area (Å²) in [5.74, 6) is -0.829. The van der Waals surface area contributed by atoms with Crippen molar-refractivity contribution in [1.29, 1.82) is 0 Å². The van der Waals surface area contributed by atoms with Crippen LogP contribution in [0.4, 0.5) is 0 Å². The summed E-state index contributed by atoms with van der Waals surface area (Å²) >= 11 is 10.4. The van der Waals surface area contributed by atoms with Crippen molar-refractivity contribution in [3.8, 4) is 0 Å². The molecule has 0 spiro atoms. The highest BCUT2D eigenvalue weighted by atomic mass is 79.9. The van der Waals surface area contributed by atoms with Crippen molar-refractivity contribution in [2.24, 2.45) is 5.92 Å². The molecular formula is C10H11BrClNO2S. The fourth-order valence-corrected chi connectivity index (χ4v) is 2.74. The van der Waals surface area contributed by atoms with E-state index < -0.39 is 11.2 Å². The lowest BCUT2D eigenvalue weighted by atomic mass is 10.1. The SMILES string of the molecule is CC(C)C(Sc1ncc(Br)cc1Cl)C(=O)O. The van der Waals surface area contributed by atoms with Crippen molar-refractivity contribution < 1.29 is 9.90 Å². The van der Waals surface area contributed by atoms with Crippen molar-refractivity contribution in [3.63, 3.8) is 0 Å². The summed E-state index contributed by atoms with van der Waals surface area (Å²) in [4.78, 5) is 15.1. The number of rotatable bonds is 4. The second-order valence-corrected chi connectivity index (χ2v) is 6.01. The van der Waals surface area contributed by atoms with E-state index in [1.54, 1.807) is 12.3 Å². The Bertz CT molecular complexity index is 400. The molecule has 0 amide bonds. The third-order valence-corrected chi connectivity index (χ3v) is 4.24. The monoisotopic (exact) mass is 323 g/mol. The number of halogens is 2. The molecule has 6 heteroatoms. The number of thioether (sulfide) groups is 1. The van der Waals surface area contributed by atoms with Gasteiger partial charge >= 0.3 is 5.97 Å². The summed E-state index contributed by atoms with van der Waals surface area (Å²) < 4.78 is 0.776. The first kappa shape index (κ1) is 13.8. The molecule has 1 unspecified atom stereocenters. The molecule has 3 nitrogen and oxygen atoms in total. The first-order valence-electron chi connectivity index (χ1n) is 4.62. The van der Waals surface area contributed by atoms with E-state index in [-0.39, 0.29) is 5.92 Å². The molecule has 0 fully saturated rings. The molecule has 1 aromatic rings. The van der Waals surface area contributed by atoms with Crippen molar-refractivity contribution >= 4 is 45.3 Å². The van der Waals surface area contributed by atoms with Gasteiger partial charge in [0.15, 0.2) is 0 Å². The van der Waals surface area contributed by atoms with E-state index in [9.17, 15) is 4.79 Å². The standard InChI is InChI=1S/C10H11BrClNO2S/c1-5(2)8(10(14)15)16-9-7(12)3-6(11)4-13-9/h3-5,8H,1-2H3,(H,14,15). The van der Waals surface area contributed by atoms with Gasteiger partial charge < -0.3 is 5.11 Å². The summed E-state index contributed by atoms with van der Waals surface area (Å²) in [6, 6.07) is 1.70. The lowest BCUT2D eigenvalue weighted by Gasteiger charge is -2.15. The van der Waals surface area contributed by atoms with Crippen molar-refractivity contribution in [2.45, 2.75) is 24.1 Å². The number of aromatic nitrogens is 1. The molecule has 0 saturated heterocycles. The predicted octanol–water partition coefficient (Wildman–Crippen LogP) is 3.70. The molecule has 0 saturated carbocycles. The van der Waals surface area contributed by atoms with Crippen LogP contribution in [0.25, 0.3) is 0 Å². The van der Waals surface area contributed by atoms with Crippen molar-refractivity contribution in [1.82, 2.24) is 4.98 Å². The number of pyridine rings is 1.